The van der Waals surface area contributed by atoms with Gasteiger partial charge in [0.15, 0.2) is 0 Å². The fraction of sp³-hybridized carbons (Fsp3) is 0. The molecular formula is H5InN3+. The number of nitrogens with zero attached hydrogens (tertiary/aromatic N) is 1. The van der Waals surface area contributed by atoms with Gasteiger partial charge in [-0.05, 0) is 0 Å². The van der Waals surface area contributed by atoms with E-state index < -0.39 is 0 Å². The third-order valence-corrected chi connectivity index (χ3v) is 0. The summed E-state index contributed by atoms with van der Waals surface area (Å²) in [6, 6.07) is 0. The van der Waals surface area contributed by atoms with Gasteiger partial charge in [0.2, 0.25) is 4.91 Å². The molecule has 0 unspecified atom stereocenters. The minimum absolute atomic E-state index is 0. The second-order valence-corrected chi connectivity index (χ2v) is 0.112. The number of rotatable bonds is 0. The molecule has 0 aromatic carbocycles. The molecule has 0 amide bonds. The predicted octanol–water partition coefficient (Wildman–Crippen LogP) is -1.07. The molecule has 0 spiro atoms. The molecule has 0 aliphatic heterocycles. The van der Waals surface area contributed by atoms with Crippen molar-refractivity contribution in [1.82, 2.24) is 4.91 Å². The first kappa shape index (κ1) is 8.89. The molecule has 0 saturated carbocycles. The molecule has 0 aromatic heterocycles. The molecule has 0 saturated heterocycles. The second kappa shape index (κ2) is 10.9. The molecule has 0 aliphatic rings. The predicted molar refractivity (Wildman–Crippen MR) is 17.5 cm³/mol. The van der Waals surface area contributed by atoms with Gasteiger partial charge in [-0.3, -0.25) is 0 Å². The summed E-state index contributed by atoms with van der Waals surface area (Å²) >= 11 is 0. The average molecular weight is 162 g/mol. The van der Waals surface area contributed by atoms with E-state index in [0.717, 1.165) is 0 Å². The van der Waals surface area contributed by atoms with Crippen LogP contribution in [0.25, 0.3) is 0 Å². The van der Waals surface area contributed by atoms with Gasteiger partial charge in [0.1, 0.15) is 11.1 Å². The van der Waals surface area contributed by atoms with Crippen LogP contribution in [0.3, 0.4) is 0 Å². The maximum atomic E-state index is 5.50. The standard InChI is InChI=1S/In.H2N3.3H/c;1-3-2;;;/h;1-2H;;;/q;+1;;;. The molecule has 0 aromatic rings. The monoisotopic (exact) mass is 162 g/mol. The molecule has 0 atom stereocenters. The fourth-order valence-electron chi connectivity index (χ4n) is 0. The summed E-state index contributed by atoms with van der Waals surface area (Å²) in [6.07, 6.45) is 0. The van der Waals surface area contributed by atoms with Crippen LogP contribution in [-0.4, -0.2) is 25.8 Å². The molecule has 22 valence electrons. The summed E-state index contributed by atoms with van der Waals surface area (Å²) in [7, 11) is 0. The second-order valence-electron chi connectivity index (χ2n) is 0.112. The van der Waals surface area contributed by atoms with Gasteiger partial charge in [-0.2, -0.15) is 0 Å². The maximum absolute atomic E-state index is 5.50. The number of nitrogens with one attached hydrogen (secondary N) is 2. The molecule has 4 heteroatoms. The van der Waals surface area contributed by atoms with Gasteiger partial charge < -0.3 is 0 Å². The summed E-state index contributed by atoms with van der Waals surface area (Å²) in [5, 5.41) is 0. The molecule has 0 aliphatic carbocycles. The van der Waals surface area contributed by atoms with Crippen LogP contribution in [0.4, 0.5) is 0 Å². The molecule has 0 radical (unpaired) electrons. The Kier molecular flexibility index (Phi) is 24.1. The quantitative estimate of drug-likeness (QED) is 0.336. The summed E-state index contributed by atoms with van der Waals surface area (Å²) < 4.78 is 0. The van der Waals surface area contributed by atoms with Gasteiger partial charge in [0, 0.05) is 0 Å². The van der Waals surface area contributed by atoms with E-state index in [4.69, 9.17) is 11.1 Å². The molecule has 4 heavy (non-hydrogen) atoms. The molecule has 0 fully saturated rings. The number of hydrogen-bond acceptors (Lipinski definition) is 2. The SMILES string of the molecule is N=[N+]=N.[InH3]. The van der Waals surface area contributed by atoms with Crippen molar-refractivity contribution in [3.05, 3.63) is 0 Å². The molecule has 0 heterocycles. The first-order valence-electron chi connectivity index (χ1n) is 0.447. The van der Waals surface area contributed by atoms with Gasteiger partial charge in [0.25, 0.3) is 0 Å². The van der Waals surface area contributed by atoms with Crippen molar-refractivity contribution >= 4 is 25.8 Å². The Morgan fingerprint density at radius 3 is 1.25 bits per heavy atom. The molecule has 0 rings (SSSR count). The third-order valence-electron chi connectivity index (χ3n) is 0. The summed E-state index contributed by atoms with van der Waals surface area (Å²) in [4.78, 5) is 2.00. The first-order chi connectivity index (χ1) is 1.41. The van der Waals surface area contributed by atoms with Crippen molar-refractivity contribution in [3.8, 4) is 0 Å². The van der Waals surface area contributed by atoms with Crippen molar-refractivity contribution in [1.29, 1.82) is 11.1 Å². The molecule has 2 N–H and O–H groups in total. The summed E-state index contributed by atoms with van der Waals surface area (Å²) in [5.74, 6) is 0. The Morgan fingerprint density at radius 1 is 1.25 bits per heavy atom. The van der Waals surface area contributed by atoms with Crippen LogP contribution >= 0.6 is 0 Å². The van der Waals surface area contributed by atoms with Gasteiger partial charge in [-0.1, -0.05) is 0 Å². The van der Waals surface area contributed by atoms with Gasteiger partial charge in [0.05, 0.1) is 0 Å². The van der Waals surface area contributed by atoms with Crippen LogP contribution in [0.15, 0.2) is 0 Å². The van der Waals surface area contributed by atoms with Crippen LogP contribution in [0.5, 0.6) is 0 Å². The van der Waals surface area contributed by atoms with E-state index in [1.807, 2.05) is 4.91 Å². The molecule has 0 bridgehead atoms. The van der Waals surface area contributed by atoms with E-state index in [9.17, 15) is 0 Å². The van der Waals surface area contributed by atoms with Crippen LogP contribution in [-0.2, 0) is 0 Å². The van der Waals surface area contributed by atoms with E-state index in [1.54, 1.807) is 0 Å². The zero-order valence-electron chi connectivity index (χ0n) is 1.45. The zero-order chi connectivity index (χ0) is 2.71. The minimum atomic E-state index is 0. The van der Waals surface area contributed by atoms with Crippen LogP contribution in [0.2, 0.25) is 0 Å². The third kappa shape index (κ3) is 93.6. The van der Waals surface area contributed by atoms with Crippen molar-refractivity contribution in [2.24, 2.45) is 0 Å². The van der Waals surface area contributed by atoms with Crippen molar-refractivity contribution in [2.75, 3.05) is 0 Å². The Hall–Kier alpha value is 0.180. The van der Waals surface area contributed by atoms with E-state index in [0.29, 0.717) is 0 Å². The van der Waals surface area contributed by atoms with Crippen molar-refractivity contribution in [2.45, 2.75) is 0 Å². The van der Waals surface area contributed by atoms with Gasteiger partial charge in [-0.25, -0.2) is 0 Å². The summed E-state index contributed by atoms with van der Waals surface area (Å²) in [6.45, 7) is 0. The van der Waals surface area contributed by atoms with Gasteiger partial charge >= 0.3 is 25.8 Å². The fourth-order valence-corrected chi connectivity index (χ4v) is 0. The van der Waals surface area contributed by atoms with Crippen LogP contribution in [0, 0.1) is 11.1 Å². The van der Waals surface area contributed by atoms with Crippen molar-refractivity contribution < 1.29 is 0 Å². The number of hydrogen-bond donors (Lipinski definition) is 2. The molecule has 3 nitrogen and oxygen atoms in total. The van der Waals surface area contributed by atoms with Crippen LogP contribution in [0.1, 0.15) is 0 Å². The molecular weight excluding hydrogens is 157 g/mol. The Balaban J connectivity index is 0. The van der Waals surface area contributed by atoms with E-state index in [-0.39, 0.29) is 25.8 Å². The van der Waals surface area contributed by atoms with Crippen molar-refractivity contribution in [3.63, 3.8) is 0 Å². The van der Waals surface area contributed by atoms with Gasteiger partial charge in [-0.15, -0.1) is 0 Å². The Morgan fingerprint density at radius 2 is 1.25 bits per heavy atom. The van der Waals surface area contributed by atoms with E-state index in [1.165, 1.54) is 0 Å². The Labute approximate surface area is 42.2 Å². The first-order valence-corrected chi connectivity index (χ1v) is 0.447. The normalized spacial score (nSPS) is 2.00. The topological polar surface area (TPSA) is 61.8 Å². The average Bonchev–Trinajstić information content (AvgIpc) is 0.918. The van der Waals surface area contributed by atoms with E-state index in [2.05, 4.69) is 0 Å². The Bertz CT molecular complexity index is 24.3. The van der Waals surface area contributed by atoms with Crippen LogP contribution < -0.4 is 4.91 Å². The van der Waals surface area contributed by atoms with E-state index >= 15 is 0 Å². The summed E-state index contributed by atoms with van der Waals surface area (Å²) in [5.41, 5.74) is 11.0. The zero-order valence-corrected chi connectivity index (χ0v) is 1.45.